The number of halogens is 1. The monoisotopic (exact) mass is 439 g/mol. The lowest BCUT2D eigenvalue weighted by Gasteiger charge is -2.12. The van der Waals surface area contributed by atoms with Crippen LogP contribution in [0.25, 0.3) is 0 Å². The molecule has 0 bridgehead atoms. The maximum absolute atomic E-state index is 12.3. The molecule has 0 spiro atoms. The fourth-order valence-corrected chi connectivity index (χ4v) is 4.35. The van der Waals surface area contributed by atoms with Crippen LogP contribution < -0.4 is 10.7 Å². The van der Waals surface area contributed by atoms with Crippen molar-refractivity contribution in [1.29, 1.82) is 0 Å². The van der Waals surface area contributed by atoms with Crippen molar-refractivity contribution in [2.45, 2.75) is 32.6 Å². The summed E-state index contributed by atoms with van der Waals surface area (Å²) in [6, 6.07) is 2.90. The largest absolute Gasteiger partial charge is 0.462 e. The summed E-state index contributed by atoms with van der Waals surface area (Å²) >= 11 is 4.62. The maximum atomic E-state index is 12.3. The molecule has 0 saturated heterocycles. The van der Waals surface area contributed by atoms with E-state index < -0.39 is 12.0 Å². The number of amides is 2. The molecule has 3 rings (SSSR count). The number of carbonyl (C=O) groups is 2. The molecule has 2 amide bonds. The first-order chi connectivity index (χ1) is 12.6. The van der Waals surface area contributed by atoms with Crippen molar-refractivity contribution in [1.82, 2.24) is 5.43 Å². The van der Waals surface area contributed by atoms with Gasteiger partial charge in [-0.05, 0) is 66.2 Å². The van der Waals surface area contributed by atoms with Gasteiger partial charge in [-0.2, -0.15) is 5.10 Å². The Bertz CT molecular complexity index is 843. The van der Waals surface area contributed by atoms with Crippen LogP contribution in [0.3, 0.4) is 0 Å². The van der Waals surface area contributed by atoms with E-state index in [1.165, 1.54) is 17.6 Å². The Kier molecular flexibility index (Phi) is 6.10. The van der Waals surface area contributed by atoms with E-state index in [0.29, 0.717) is 21.0 Å². The molecule has 2 heterocycles. The van der Waals surface area contributed by atoms with Gasteiger partial charge in [-0.15, -0.1) is 11.3 Å². The summed E-state index contributed by atoms with van der Waals surface area (Å²) in [5.74, 6) is 0.0992. The van der Waals surface area contributed by atoms with Gasteiger partial charge in [0.25, 0.3) is 0 Å². The second-order valence-electron chi connectivity index (χ2n) is 5.60. The van der Waals surface area contributed by atoms with Gasteiger partial charge in [0, 0.05) is 4.88 Å². The number of aryl methyl sites for hydroxylation is 1. The second-order valence-corrected chi connectivity index (χ2v) is 7.49. The predicted molar refractivity (Wildman–Crippen MR) is 103 cm³/mol. The third kappa shape index (κ3) is 4.34. The number of hydrazone groups is 1. The van der Waals surface area contributed by atoms with Crippen molar-refractivity contribution in [2.75, 3.05) is 11.9 Å². The molecule has 1 aliphatic rings. The highest BCUT2D eigenvalue weighted by atomic mass is 79.9. The first-order valence-corrected chi connectivity index (χ1v) is 9.86. The predicted octanol–water partition coefficient (Wildman–Crippen LogP) is 4.31. The number of esters is 1. The fraction of sp³-hybridized carbons (Fsp3) is 0.353. The van der Waals surface area contributed by atoms with Crippen molar-refractivity contribution in [3.63, 3.8) is 0 Å². The molecule has 0 aliphatic heterocycles. The molecule has 0 radical (unpaired) electrons. The van der Waals surface area contributed by atoms with E-state index in [4.69, 9.17) is 9.15 Å². The Hall–Kier alpha value is -2.13. The average Bonchev–Trinajstić information content (AvgIpc) is 3.18. The van der Waals surface area contributed by atoms with Crippen LogP contribution >= 0.6 is 27.3 Å². The van der Waals surface area contributed by atoms with Crippen molar-refractivity contribution >= 4 is 50.5 Å². The van der Waals surface area contributed by atoms with E-state index in [1.807, 2.05) is 0 Å². The molecule has 2 aromatic rings. The Morgan fingerprint density at radius 1 is 1.38 bits per heavy atom. The van der Waals surface area contributed by atoms with Gasteiger partial charge in [0.05, 0.1) is 18.4 Å². The molecular weight excluding hydrogens is 422 g/mol. The number of furan rings is 1. The van der Waals surface area contributed by atoms with Crippen LogP contribution in [0.4, 0.5) is 9.80 Å². The Morgan fingerprint density at radius 2 is 2.19 bits per heavy atom. The van der Waals surface area contributed by atoms with Gasteiger partial charge in [-0.25, -0.2) is 15.0 Å². The van der Waals surface area contributed by atoms with Crippen LogP contribution in [-0.4, -0.2) is 24.8 Å². The molecule has 26 heavy (non-hydrogen) atoms. The maximum Gasteiger partial charge on any atom is 0.341 e. The van der Waals surface area contributed by atoms with Crippen molar-refractivity contribution in [3.8, 4) is 0 Å². The van der Waals surface area contributed by atoms with Gasteiger partial charge in [-0.1, -0.05) is 0 Å². The van der Waals surface area contributed by atoms with Crippen LogP contribution in [-0.2, 0) is 17.6 Å². The third-order valence-electron chi connectivity index (χ3n) is 3.83. The van der Waals surface area contributed by atoms with Crippen LogP contribution in [0.2, 0.25) is 0 Å². The van der Waals surface area contributed by atoms with E-state index in [2.05, 4.69) is 31.8 Å². The number of rotatable bonds is 5. The summed E-state index contributed by atoms with van der Waals surface area (Å²) in [5, 5.41) is 7.05. The molecule has 0 fully saturated rings. The molecule has 9 heteroatoms. The molecule has 1 aliphatic carbocycles. The third-order valence-corrected chi connectivity index (χ3v) is 5.46. The van der Waals surface area contributed by atoms with E-state index in [-0.39, 0.29) is 6.61 Å². The van der Waals surface area contributed by atoms with Crippen molar-refractivity contribution in [3.05, 3.63) is 38.6 Å². The smallest absolute Gasteiger partial charge is 0.341 e. The van der Waals surface area contributed by atoms with Gasteiger partial charge in [-0.3, -0.25) is 5.32 Å². The number of thiophene rings is 1. The summed E-state index contributed by atoms with van der Waals surface area (Å²) in [5.41, 5.74) is 3.84. The highest BCUT2D eigenvalue weighted by Crippen LogP contribution is 2.38. The van der Waals surface area contributed by atoms with Gasteiger partial charge in [0.1, 0.15) is 10.8 Å². The molecule has 0 atom stereocenters. The molecule has 0 unspecified atom stereocenters. The molecule has 2 aromatic heterocycles. The molecule has 7 nitrogen and oxygen atoms in total. The Labute approximate surface area is 162 Å². The summed E-state index contributed by atoms with van der Waals surface area (Å²) in [6.07, 6.45) is 5.25. The molecule has 0 aromatic carbocycles. The zero-order chi connectivity index (χ0) is 18.5. The minimum absolute atomic E-state index is 0.290. The summed E-state index contributed by atoms with van der Waals surface area (Å²) in [6.45, 7) is 2.05. The van der Waals surface area contributed by atoms with E-state index in [0.717, 1.165) is 36.1 Å². The summed E-state index contributed by atoms with van der Waals surface area (Å²) < 4.78 is 11.0. The quantitative estimate of drug-likeness (QED) is 0.412. The second kappa shape index (κ2) is 8.50. The molecular formula is C17H18BrN3O4S. The Morgan fingerprint density at radius 3 is 2.92 bits per heavy atom. The lowest BCUT2D eigenvalue weighted by atomic mass is 9.95. The standard InChI is InChI=1S/C17H18BrN3O4S/c1-2-24-16(22)14-11-5-3-4-6-12(11)26-15(14)20-17(23)21-19-9-10-7-8-13(18)25-10/h7-9H,2-6H2,1H3,(H2,20,21,23). The number of nitrogens with zero attached hydrogens (tertiary/aromatic N) is 1. The van der Waals surface area contributed by atoms with Gasteiger partial charge >= 0.3 is 12.0 Å². The summed E-state index contributed by atoms with van der Waals surface area (Å²) in [4.78, 5) is 25.6. The van der Waals surface area contributed by atoms with Crippen molar-refractivity contribution < 1.29 is 18.7 Å². The summed E-state index contributed by atoms with van der Waals surface area (Å²) in [7, 11) is 0. The number of carbonyl (C=O) groups excluding carboxylic acids is 2. The minimum Gasteiger partial charge on any atom is -0.462 e. The zero-order valence-corrected chi connectivity index (χ0v) is 16.5. The normalized spacial score (nSPS) is 13.5. The topological polar surface area (TPSA) is 92.9 Å². The van der Waals surface area contributed by atoms with E-state index in [9.17, 15) is 9.59 Å². The van der Waals surface area contributed by atoms with E-state index in [1.54, 1.807) is 19.1 Å². The first kappa shape index (κ1) is 18.7. The van der Waals surface area contributed by atoms with Crippen LogP contribution in [0.5, 0.6) is 0 Å². The highest BCUT2D eigenvalue weighted by molar-refractivity contribution is 9.10. The molecule has 0 saturated carbocycles. The van der Waals surface area contributed by atoms with Gasteiger partial charge < -0.3 is 9.15 Å². The molecule has 138 valence electrons. The van der Waals surface area contributed by atoms with Crippen LogP contribution in [0.15, 0.2) is 26.3 Å². The number of anilines is 1. The minimum atomic E-state index is -0.531. The first-order valence-electron chi connectivity index (χ1n) is 8.25. The Balaban J connectivity index is 1.71. The van der Waals surface area contributed by atoms with Gasteiger partial charge in [0.15, 0.2) is 4.67 Å². The molecule has 2 N–H and O–H groups in total. The van der Waals surface area contributed by atoms with Crippen LogP contribution in [0, 0.1) is 0 Å². The van der Waals surface area contributed by atoms with E-state index >= 15 is 0 Å². The number of ether oxygens (including phenoxy) is 1. The fourth-order valence-electron chi connectivity index (χ4n) is 2.76. The lowest BCUT2D eigenvalue weighted by molar-refractivity contribution is 0.0526. The van der Waals surface area contributed by atoms with Gasteiger partial charge in [0.2, 0.25) is 0 Å². The number of fused-ring (bicyclic) bond motifs is 1. The number of urea groups is 1. The SMILES string of the molecule is CCOC(=O)c1c(NC(=O)NN=Cc2ccc(Br)o2)sc2c1CCCC2. The average molecular weight is 440 g/mol. The number of nitrogens with one attached hydrogen (secondary N) is 2. The van der Waals surface area contributed by atoms with Crippen molar-refractivity contribution in [2.24, 2.45) is 5.10 Å². The lowest BCUT2D eigenvalue weighted by Crippen LogP contribution is -2.25. The number of hydrogen-bond acceptors (Lipinski definition) is 6. The number of hydrogen-bond donors (Lipinski definition) is 2. The zero-order valence-electron chi connectivity index (χ0n) is 14.1. The van der Waals surface area contributed by atoms with Crippen LogP contribution in [0.1, 0.15) is 46.3 Å². The highest BCUT2D eigenvalue weighted by Gasteiger charge is 2.27.